The third-order valence-corrected chi connectivity index (χ3v) is 2.98. The minimum Gasteiger partial charge on any atom is -0.507 e. The van der Waals surface area contributed by atoms with Crippen molar-refractivity contribution in [2.24, 2.45) is 0 Å². The van der Waals surface area contributed by atoms with Crippen LogP contribution in [0.15, 0.2) is 42.5 Å². The van der Waals surface area contributed by atoms with E-state index in [0.717, 1.165) is 6.07 Å². The van der Waals surface area contributed by atoms with Crippen molar-refractivity contribution in [2.45, 2.75) is 6.54 Å². The van der Waals surface area contributed by atoms with E-state index < -0.39 is 17.5 Å². The molecule has 0 bridgehead atoms. The molecule has 0 fully saturated rings. The van der Waals surface area contributed by atoms with Gasteiger partial charge in [-0.25, -0.2) is 4.39 Å². The molecule has 0 heterocycles. The van der Waals surface area contributed by atoms with Crippen LogP contribution in [-0.2, 0) is 6.54 Å². The molecule has 0 atom stereocenters. The van der Waals surface area contributed by atoms with Crippen LogP contribution in [0.3, 0.4) is 0 Å². The zero-order valence-corrected chi connectivity index (χ0v) is 10.6. The van der Waals surface area contributed by atoms with Crippen molar-refractivity contribution in [3.8, 4) is 5.75 Å². The first-order valence-electron chi connectivity index (χ1n) is 5.58. The molecule has 0 saturated carbocycles. The molecule has 5 heteroatoms. The topological polar surface area (TPSA) is 49.3 Å². The summed E-state index contributed by atoms with van der Waals surface area (Å²) in [6, 6.07) is 10.7. The van der Waals surface area contributed by atoms with Crippen LogP contribution in [0.25, 0.3) is 0 Å². The molecule has 0 radical (unpaired) electrons. The molecule has 0 aromatic heterocycles. The van der Waals surface area contributed by atoms with E-state index in [-0.39, 0.29) is 12.1 Å². The molecule has 2 aromatic rings. The molecular formula is C14H11ClFNO2. The number of hydrogen-bond acceptors (Lipinski definition) is 2. The number of benzene rings is 2. The van der Waals surface area contributed by atoms with E-state index in [0.29, 0.717) is 10.6 Å². The predicted octanol–water partition coefficient (Wildman–Crippen LogP) is 3.11. The van der Waals surface area contributed by atoms with E-state index in [1.54, 1.807) is 24.3 Å². The third kappa shape index (κ3) is 3.03. The predicted molar refractivity (Wildman–Crippen MR) is 70.7 cm³/mol. The summed E-state index contributed by atoms with van der Waals surface area (Å²) >= 11 is 5.94. The Morgan fingerprint density at radius 1 is 1.21 bits per heavy atom. The number of carbonyl (C=O) groups excluding carboxylic acids is 1. The lowest BCUT2D eigenvalue weighted by Gasteiger charge is -2.08. The second-order valence-corrected chi connectivity index (χ2v) is 4.32. The van der Waals surface area contributed by atoms with Crippen LogP contribution in [0, 0.1) is 5.82 Å². The monoisotopic (exact) mass is 279 g/mol. The summed E-state index contributed by atoms with van der Waals surface area (Å²) in [7, 11) is 0. The van der Waals surface area contributed by atoms with Gasteiger partial charge in [0.15, 0.2) is 0 Å². The Morgan fingerprint density at radius 3 is 2.63 bits per heavy atom. The van der Waals surface area contributed by atoms with Crippen molar-refractivity contribution in [3.05, 3.63) is 64.4 Å². The number of halogens is 2. The van der Waals surface area contributed by atoms with Gasteiger partial charge in [-0.1, -0.05) is 35.9 Å². The van der Waals surface area contributed by atoms with Gasteiger partial charge in [-0.05, 0) is 23.8 Å². The van der Waals surface area contributed by atoms with Crippen molar-refractivity contribution in [2.75, 3.05) is 0 Å². The Kier molecular flexibility index (Phi) is 4.02. The lowest BCUT2D eigenvalue weighted by Crippen LogP contribution is -2.24. The zero-order chi connectivity index (χ0) is 13.8. The highest BCUT2D eigenvalue weighted by molar-refractivity contribution is 6.31. The lowest BCUT2D eigenvalue weighted by molar-refractivity contribution is 0.0944. The van der Waals surface area contributed by atoms with Crippen LogP contribution in [0.5, 0.6) is 5.75 Å². The van der Waals surface area contributed by atoms with Crippen LogP contribution in [0.4, 0.5) is 4.39 Å². The summed E-state index contributed by atoms with van der Waals surface area (Å²) in [4.78, 5) is 11.8. The number of amides is 1. The van der Waals surface area contributed by atoms with Gasteiger partial charge in [-0.15, -0.1) is 0 Å². The van der Waals surface area contributed by atoms with Gasteiger partial charge in [0.05, 0.1) is 0 Å². The molecule has 0 spiro atoms. The molecule has 2 rings (SSSR count). The van der Waals surface area contributed by atoms with Gasteiger partial charge in [-0.3, -0.25) is 4.79 Å². The first-order valence-corrected chi connectivity index (χ1v) is 5.96. The molecule has 2 aromatic carbocycles. The second-order valence-electron chi connectivity index (χ2n) is 3.91. The van der Waals surface area contributed by atoms with E-state index in [4.69, 9.17) is 11.6 Å². The Balaban J connectivity index is 2.13. The van der Waals surface area contributed by atoms with E-state index in [1.807, 2.05) is 0 Å². The highest BCUT2D eigenvalue weighted by atomic mass is 35.5. The van der Waals surface area contributed by atoms with Crippen LogP contribution < -0.4 is 5.32 Å². The number of nitrogens with one attached hydrogen (secondary N) is 1. The lowest BCUT2D eigenvalue weighted by atomic mass is 10.1. The number of hydrogen-bond donors (Lipinski definition) is 2. The number of rotatable bonds is 3. The van der Waals surface area contributed by atoms with Crippen molar-refractivity contribution >= 4 is 17.5 Å². The quantitative estimate of drug-likeness (QED) is 0.907. The van der Waals surface area contributed by atoms with E-state index in [1.165, 1.54) is 12.1 Å². The van der Waals surface area contributed by atoms with Gasteiger partial charge >= 0.3 is 0 Å². The van der Waals surface area contributed by atoms with Crippen molar-refractivity contribution in [3.63, 3.8) is 0 Å². The molecule has 0 unspecified atom stereocenters. The zero-order valence-electron chi connectivity index (χ0n) is 9.86. The maximum atomic E-state index is 13.5. The van der Waals surface area contributed by atoms with Gasteiger partial charge in [0.1, 0.15) is 17.1 Å². The van der Waals surface area contributed by atoms with Gasteiger partial charge in [-0.2, -0.15) is 0 Å². The smallest absolute Gasteiger partial charge is 0.258 e. The average molecular weight is 280 g/mol. The van der Waals surface area contributed by atoms with Gasteiger partial charge < -0.3 is 10.4 Å². The first kappa shape index (κ1) is 13.4. The minimum absolute atomic E-state index is 0.159. The van der Waals surface area contributed by atoms with Crippen molar-refractivity contribution in [1.82, 2.24) is 5.32 Å². The molecule has 2 N–H and O–H groups in total. The molecule has 0 aliphatic carbocycles. The molecule has 98 valence electrons. The molecule has 19 heavy (non-hydrogen) atoms. The minimum atomic E-state index is -0.767. The average Bonchev–Trinajstić information content (AvgIpc) is 2.37. The highest BCUT2D eigenvalue weighted by Crippen LogP contribution is 2.20. The molecule has 3 nitrogen and oxygen atoms in total. The van der Waals surface area contributed by atoms with Gasteiger partial charge in [0.25, 0.3) is 5.91 Å². The maximum Gasteiger partial charge on any atom is 0.258 e. The van der Waals surface area contributed by atoms with Crippen LogP contribution >= 0.6 is 11.6 Å². The normalized spacial score (nSPS) is 10.2. The van der Waals surface area contributed by atoms with Crippen LogP contribution in [0.1, 0.15) is 15.9 Å². The summed E-state index contributed by atoms with van der Waals surface area (Å²) in [5, 5.41) is 12.5. The van der Waals surface area contributed by atoms with E-state index in [9.17, 15) is 14.3 Å². The molecular weight excluding hydrogens is 269 g/mol. The summed E-state index contributed by atoms with van der Waals surface area (Å²) in [6.45, 7) is 0.159. The standard InChI is InChI=1S/C14H11ClFNO2/c15-10-5-2-1-4-9(10)8-17-14(19)13-11(16)6-3-7-12(13)18/h1-7,18H,8H2,(H,17,19). The first-order chi connectivity index (χ1) is 9.09. The van der Waals surface area contributed by atoms with Gasteiger partial charge in [0.2, 0.25) is 0 Å². The third-order valence-electron chi connectivity index (χ3n) is 2.62. The Labute approximate surface area is 114 Å². The highest BCUT2D eigenvalue weighted by Gasteiger charge is 2.16. The number of phenols is 1. The fourth-order valence-corrected chi connectivity index (χ4v) is 1.85. The largest absolute Gasteiger partial charge is 0.507 e. The summed E-state index contributed by atoms with van der Waals surface area (Å²) in [5.74, 6) is -1.84. The Morgan fingerprint density at radius 2 is 1.95 bits per heavy atom. The fraction of sp³-hybridized carbons (Fsp3) is 0.0714. The fourth-order valence-electron chi connectivity index (χ4n) is 1.64. The summed E-state index contributed by atoms with van der Waals surface area (Å²) in [6.07, 6.45) is 0. The van der Waals surface area contributed by atoms with Crippen molar-refractivity contribution < 1.29 is 14.3 Å². The Bertz CT molecular complexity index is 596. The van der Waals surface area contributed by atoms with E-state index >= 15 is 0 Å². The summed E-state index contributed by atoms with van der Waals surface area (Å²) < 4.78 is 13.5. The summed E-state index contributed by atoms with van der Waals surface area (Å²) in [5.41, 5.74) is 0.350. The second kappa shape index (κ2) is 5.71. The molecule has 0 saturated heterocycles. The van der Waals surface area contributed by atoms with Gasteiger partial charge in [0, 0.05) is 11.6 Å². The molecule has 0 aliphatic rings. The van der Waals surface area contributed by atoms with Crippen molar-refractivity contribution in [1.29, 1.82) is 0 Å². The maximum absolute atomic E-state index is 13.5. The Hall–Kier alpha value is -2.07. The van der Waals surface area contributed by atoms with Crippen LogP contribution in [-0.4, -0.2) is 11.0 Å². The van der Waals surface area contributed by atoms with E-state index in [2.05, 4.69) is 5.32 Å². The molecule has 0 aliphatic heterocycles. The molecule has 1 amide bonds. The SMILES string of the molecule is O=C(NCc1ccccc1Cl)c1c(O)cccc1F. The number of phenolic OH excluding ortho intramolecular Hbond substituents is 1. The van der Waals surface area contributed by atoms with Crippen LogP contribution in [0.2, 0.25) is 5.02 Å². The number of aromatic hydroxyl groups is 1. The number of carbonyl (C=O) groups is 1.